The highest BCUT2D eigenvalue weighted by atomic mass is 32.2. The van der Waals surface area contributed by atoms with E-state index in [-0.39, 0.29) is 5.97 Å². The lowest BCUT2D eigenvalue weighted by atomic mass is 10.1. The number of carbonyl (C=O) groups excluding carboxylic acids is 1. The zero-order chi connectivity index (χ0) is 18.7. The van der Waals surface area contributed by atoms with Crippen molar-refractivity contribution in [2.24, 2.45) is 0 Å². The molecule has 0 bridgehead atoms. The van der Waals surface area contributed by atoms with Gasteiger partial charge in [0.15, 0.2) is 0 Å². The predicted molar refractivity (Wildman–Crippen MR) is 101 cm³/mol. The van der Waals surface area contributed by atoms with Crippen LogP contribution < -0.4 is 0 Å². The van der Waals surface area contributed by atoms with E-state index in [0.29, 0.717) is 30.4 Å². The molecule has 26 heavy (non-hydrogen) atoms. The summed E-state index contributed by atoms with van der Waals surface area (Å²) in [6, 6.07) is 7.97. The highest BCUT2D eigenvalue weighted by Crippen LogP contribution is 2.18. The molecule has 0 atom stereocenters. The van der Waals surface area contributed by atoms with Crippen molar-refractivity contribution in [1.82, 2.24) is 19.6 Å². The van der Waals surface area contributed by atoms with Crippen LogP contribution >= 0.6 is 11.8 Å². The number of hydrogen-bond donors (Lipinski definition) is 0. The number of aryl methyl sites for hydroxylation is 3. The van der Waals surface area contributed by atoms with E-state index in [2.05, 4.69) is 15.1 Å². The van der Waals surface area contributed by atoms with Crippen molar-refractivity contribution in [2.75, 3.05) is 6.26 Å². The van der Waals surface area contributed by atoms with Gasteiger partial charge in [0.1, 0.15) is 6.61 Å². The average Bonchev–Trinajstić information content (AvgIpc) is 3.04. The highest BCUT2D eigenvalue weighted by Gasteiger charge is 2.14. The molecule has 7 heteroatoms. The fourth-order valence-electron chi connectivity index (χ4n) is 2.79. The van der Waals surface area contributed by atoms with Crippen LogP contribution in [-0.2, 0) is 22.6 Å². The molecule has 0 N–H and O–H groups in total. The highest BCUT2D eigenvalue weighted by molar-refractivity contribution is 7.98. The molecule has 2 heterocycles. The Morgan fingerprint density at radius 1 is 1.15 bits per heavy atom. The van der Waals surface area contributed by atoms with E-state index in [0.717, 1.165) is 22.5 Å². The van der Waals surface area contributed by atoms with Gasteiger partial charge in [-0.2, -0.15) is 4.98 Å². The van der Waals surface area contributed by atoms with Gasteiger partial charge in [0.05, 0.1) is 0 Å². The van der Waals surface area contributed by atoms with Gasteiger partial charge < -0.3 is 4.74 Å². The van der Waals surface area contributed by atoms with Gasteiger partial charge in [-0.05, 0) is 44.6 Å². The van der Waals surface area contributed by atoms with Crippen molar-refractivity contribution in [2.45, 2.75) is 45.4 Å². The Labute approximate surface area is 157 Å². The van der Waals surface area contributed by atoms with Crippen LogP contribution in [0.2, 0.25) is 0 Å². The van der Waals surface area contributed by atoms with Gasteiger partial charge in [-0.3, -0.25) is 4.79 Å². The first kappa shape index (κ1) is 18.4. The minimum absolute atomic E-state index is 0.215. The maximum absolute atomic E-state index is 12.1. The number of thioether (sulfide) groups is 1. The van der Waals surface area contributed by atoms with Crippen LogP contribution in [-0.4, -0.2) is 31.8 Å². The molecule has 0 aliphatic carbocycles. The van der Waals surface area contributed by atoms with Gasteiger partial charge >= 0.3 is 5.97 Å². The number of benzene rings is 1. The second kappa shape index (κ2) is 7.86. The van der Waals surface area contributed by atoms with E-state index in [1.165, 1.54) is 17.3 Å². The summed E-state index contributed by atoms with van der Waals surface area (Å²) in [7, 11) is 0. The zero-order valence-electron chi connectivity index (χ0n) is 15.4. The van der Waals surface area contributed by atoms with E-state index in [1.54, 1.807) is 4.52 Å². The summed E-state index contributed by atoms with van der Waals surface area (Å²) in [6.45, 7) is 6.25. The molecule has 3 rings (SSSR count). The van der Waals surface area contributed by atoms with Gasteiger partial charge in [-0.15, -0.1) is 5.10 Å². The molecular weight excluding hydrogens is 348 g/mol. The summed E-state index contributed by atoms with van der Waals surface area (Å²) >= 11 is 1.48. The lowest BCUT2D eigenvalue weighted by Crippen LogP contribution is -2.10. The first-order valence-corrected chi connectivity index (χ1v) is 9.68. The quantitative estimate of drug-likeness (QED) is 0.489. The molecule has 0 unspecified atom stereocenters. The molecule has 0 fully saturated rings. The van der Waals surface area contributed by atoms with Gasteiger partial charge in [0.2, 0.25) is 5.16 Å². The minimum atomic E-state index is -0.215. The Hall–Kier alpha value is -2.41. The number of aromatic nitrogens is 4. The van der Waals surface area contributed by atoms with E-state index >= 15 is 0 Å². The molecule has 1 aromatic carbocycles. The van der Waals surface area contributed by atoms with Crippen molar-refractivity contribution in [3.63, 3.8) is 0 Å². The summed E-state index contributed by atoms with van der Waals surface area (Å²) in [6.07, 6.45) is 2.81. The first-order valence-electron chi connectivity index (χ1n) is 8.46. The normalized spacial score (nSPS) is 11.1. The molecular formula is C19H22N4O2S. The molecule has 0 aliphatic rings. The first-order chi connectivity index (χ1) is 12.5. The van der Waals surface area contributed by atoms with Crippen LogP contribution in [0.5, 0.6) is 0 Å². The second-order valence-electron chi connectivity index (χ2n) is 6.22. The zero-order valence-corrected chi connectivity index (χ0v) is 16.3. The van der Waals surface area contributed by atoms with E-state index < -0.39 is 0 Å². The molecule has 0 aliphatic heterocycles. The van der Waals surface area contributed by atoms with Crippen molar-refractivity contribution in [3.8, 4) is 0 Å². The number of fused-ring (bicyclic) bond motifs is 1. The van der Waals surface area contributed by atoms with Gasteiger partial charge in [-0.25, -0.2) is 9.50 Å². The SMILES string of the molecule is CSc1nc2nc(C)c(CCC(=O)OCc3ccc(C)cc3)c(C)n2n1. The Morgan fingerprint density at radius 3 is 2.58 bits per heavy atom. The minimum Gasteiger partial charge on any atom is -0.461 e. The van der Waals surface area contributed by atoms with E-state index in [9.17, 15) is 4.79 Å². The number of ether oxygens (including phenoxy) is 1. The molecule has 0 radical (unpaired) electrons. The van der Waals surface area contributed by atoms with Crippen LogP contribution in [0.1, 0.15) is 34.5 Å². The van der Waals surface area contributed by atoms with Crippen LogP contribution in [0.25, 0.3) is 5.78 Å². The monoisotopic (exact) mass is 370 g/mol. The number of nitrogens with zero attached hydrogens (tertiary/aromatic N) is 4. The van der Waals surface area contributed by atoms with Crippen LogP contribution in [0.15, 0.2) is 29.4 Å². The fraction of sp³-hybridized carbons (Fsp3) is 0.368. The Balaban J connectivity index is 1.65. The number of carbonyl (C=O) groups is 1. The van der Waals surface area contributed by atoms with Gasteiger partial charge in [-0.1, -0.05) is 41.6 Å². The maximum Gasteiger partial charge on any atom is 0.306 e. The van der Waals surface area contributed by atoms with Crippen molar-refractivity contribution in [1.29, 1.82) is 0 Å². The molecule has 3 aromatic rings. The fourth-order valence-corrected chi connectivity index (χ4v) is 3.12. The predicted octanol–water partition coefficient (Wildman–Crippen LogP) is 3.45. The molecule has 0 spiro atoms. The summed E-state index contributed by atoms with van der Waals surface area (Å²) in [4.78, 5) is 21.0. The smallest absolute Gasteiger partial charge is 0.306 e. The third-order valence-electron chi connectivity index (χ3n) is 4.31. The Bertz CT molecular complexity index is 935. The number of rotatable bonds is 6. The topological polar surface area (TPSA) is 69.4 Å². The van der Waals surface area contributed by atoms with E-state index in [4.69, 9.17) is 4.74 Å². The standard InChI is InChI=1S/C19H22N4O2S/c1-12-5-7-15(8-6-12)11-25-17(24)10-9-16-13(2)20-18-21-19(26-4)22-23(18)14(16)3/h5-8H,9-11H2,1-4H3. The molecule has 6 nitrogen and oxygen atoms in total. The van der Waals surface area contributed by atoms with Crippen LogP contribution in [0.3, 0.4) is 0 Å². The lowest BCUT2D eigenvalue weighted by molar-refractivity contribution is -0.144. The number of esters is 1. The average molecular weight is 370 g/mol. The van der Waals surface area contributed by atoms with Crippen molar-refractivity contribution in [3.05, 3.63) is 52.3 Å². The Kier molecular flexibility index (Phi) is 5.56. The third-order valence-corrected chi connectivity index (χ3v) is 4.85. The molecule has 136 valence electrons. The van der Waals surface area contributed by atoms with Crippen LogP contribution in [0.4, 0.5) is 0 Å². The summed E-state index contributed by atoms with van der Waals surface area (Å²) in [5.74, 6) is 0.378. The summed E-state index contributed by atoms with van der Waals surface area (Å²) in [5.41, 5.74) is 5.04. The molecule has 0 amide bonds. The third kappa shape index (κ3) is 4.04. The lowest BCUT2D eigenvalue weighted by Gasteiger charge is -2.10. The van der Waals surface area contributed by atoms with Crippen molar-refractivity contribution >= 4 is 23.5 Å². The molecule has 0 saturated carbocycles. The summed E-state index contributed by atoms with van der Waals surface area (Å²) < 4.78 is 7.12. The van der Waals surface area contributed by atoms with Crippen LogP contribution in [0, 0.1) is 20.8 Å². The maximum atomic E-state index is 12.1. The second-order valence-corrected chi connectivity index (χ2v) is 6.99. The van der Waals surface area contributed by atoms with Gasteiger partial charge in [0.25, 0.3) is 5.78 Å². The Morgan fingerprint density at radius 2 is 1.88 bits per heavy atom. The number of hydrogen-bond acceptors (Lipinski definition) is 6. The largest absolute Gasteiger partial charge is 0.461 e. The van der Waals surface area contributed by atoms with Crippen molar-refractivity contribution < 1.29 is 9.53 Å². The molecule has 2 aromatic heterocycles. The van der Waals surface area contributed by atoms with Gasteiger partial charge in [0, 0.05) is 17.8 Å². The summed E-state index contributed by atoms with van der Waals surface area (Å²) in [5, 5.41) is 5.12. The molecule has 0 saturated heterocycles. The van der Waals surface area contributed by atoms with E-state index in [1.807, 2.05) is 51.3 Å².